The van der Waals surface area contributed by atoms with E-state index in [2.05, 4.69) is 18.2 Å². The SMILES string of the molecule is CO[C@H]1c2ccccc2C[C@@H]1N(C)N. The number of ether oxygens (including phenoxy) is 1. The lowest BCUT2D eigenvalue weighted by molar-refractivity contribution is 0.0336. The molecule has 0 bridgehead atoms. The second kappa shape index (κ2) is 3.69. The molecule has 0 saturated heterocycles. The summed E-state index contributed by atoms with van der Waals surface area (Å²) in [5, 5.41) is 1.74. The molecule has 0 saturated carbocycles. The fraction of sp³-hybridized carbons (Fsp3) is 0.455. The smallest absolute Gasteiger partial charge is 0.0995 e. The summed E-state index contributed by atoms with van der Waals surface area (Å²) in [7, 11) is 3.63. The number of fused-ring (bicyclic) bond motifs is 1. The van der Waals surface area contributed by atoms with E-state index in [0.29, 0.717) is 0 Å². The molecule has 14 heavy (non-hydrogen) atoms. The average molecular weight is 192 g/mol. The van der Waals surface area contributed by atoms with E-state index in [1.807, 2.05) is 13.1 Å². The number of hydrogen-bond acceptors (Lipinski definition) is 3. The van der Waals surface area contributed by atoms with Gasteiger partial charge in [-0.3, -0.25) is 5.84 Å². The van der Waals surface area contributed by atoms with E-state index in [-0.39, 0.29) is 12.1 Å². The molecule has 0 spiro atoms. The monoisotopic (exact) mass is 192 g/mol. The predicted molar refractivity (Wildman–Crippen MR) is 55.6 cm³/mol. The normalized spacial score (nSPS) is 25.4. The zero-order valence-corrected chi connectivity index (χ0v) is 8.60. The van der Waals surface area contributed by atoms with E-state index in [4.69, 9.17) is 10.6 Å². The molecule has 1 aliphatic rings. The van der Waals surface area contributed by atoms with Gasteiger partial charge in [0.1, 0.15) is 0 Å². The molecule has 0 radical (unpaired) electrons. The Bertz CT molecular complexity index is 325. The fourth-order valence-electron chi connectivity index (χ4n) is 2.18. The molecule has 0 fully saturated rings. The molecule has 2 N–H and O–H groups in total. The molecule has 0 aromatic heterocycles. The van der Waals surface area contributed by atoms with Crippen LogP contribution in [0.1, 0.15) is 17.2 Å². The van der Waals surface area contributed by atoms with Crippen LogP contribution in [-0.2, 0) is 11.2 Å². The number of nitrogens with two attached hydrogens (primary N) is 1. The van der Waals surface area contributed by atoms with Gasteiger partial charge in [0, 0.05) is 14.2 Å². The van der Waals surface area contributed by atoms with Crippen LogP contribution in [0.4, 0.5) is 0 Å². The van der Waals surface area contributed by atoms with Crippen LogP contribution in [-0.4, -0.2) is 25.2 Å². The maximum absolute atomic E-state index is 5.80. The van der Waals surface area contributed by atoms with Crippen molar-refractivity contribution in [3.05, 3.63) is 35.4 Å². The summed E-state index contributed by atoms with van der Waals surface area (Å²) in [5.74, 6) is 5.80. The standard InChI is InChI=1S/C11H16N2O/c1-13(12)10-7-8-5-3-4-6-9(8)11(10)14-2/h3-6,10-11H,7,12H2,1-2H3/t10-,11-/m0/s1. The highest BCUT2D eigenvalue weighted by Crippen LogP contribution is 2.35. The first-order chi connectivity index (χ1) is 6.74. The zero-order valence-electron chi connectivity index (χ0n) is 8.60. The van der Waals surface area contributed by atoms with E-state index in [1.165, 1.54) is 11.1 Å². The predicted octanol–water partition coefficient (Wildman–Crippen LogP) is 1.10. The van der Waals surface area contributed by atoms with E-state index < -0.39 is 0 Å². The maximum Gasteiger partial charge on any atom is 0.0995 e. The minimum Gasteiger partial charge on any atom is -0.375 e. The van der Waals surface area contributed by atoms with Crippen molar-refractivity contribution in [1.29, 1.82) is 0 Å². The fourth-order valence-corrected chi connectivity index (χ4v) is 2.18. The zero-order chi connectivity index (χ0) is 10.1. The van der Waals surface area contributed by atoms with Crippen molar-refractivity contribution >= 4 is 0 Å². The van der Waals surface area contributed by atoms with Gasteiger partial charge < -0.3 is 4.74 Å². The second-order valence-electron chi connectivity index (χ2n) is 3.79. The number of likely N-dealkylation sites (N-methyl/N-ethyl adjacent to an activating group) is 1. The van der Waals surface area contributed by atoms with Gasteiger partial charge in [0.15, 0.2) is 0 Å². The van der Waals surface area contributed by atoms with E-state index in [1.54, 1.807) is 12.1 Å². The highest BCUT2D eigenvalue weighted by atomic mass is 16.5. The van der Waals surface area contributed by atoms with Crippen LogP contribution in [0, 0.1) is 0 Å². The lowest BCUT2D eigenvalue weighted by Gasteiger charge is -2.24. The van der Waals surface area contributed by atoms with Crippen LogP contribution in [0.3, 0.4) is 0 Å². The van der Waals surface area contributed by atoms with Crippen molar-refractivity contribution in [1.82, 2.24) is 5.01 Å². The molecule has 2 rings (SSSR count). The third-order valence-electron chi connectivity index (χ3n) is 2.92. The van der Waals surface area contributed by atoms with Gasteiger partial charge in [-0.1, -0.05) is 24.3 Å². The Kier molecular flexibility index (Phi) is 2.54. The van der Waals surface area contributed by atoms with Gasteiger partial charge in [0.25, 0.3) is 0 Å². The van der Waals surface area contributed by atoms with Gasteiger partial charge in [-0.15, -0.1) is 0 Å². The minimum absolute atomic E-state index is 0.112. The van der Waals surface area contributed by atoms with E-state index >= 15 is 0 Å². The van der Waals surface area contributed by atoms with Crippen molar-refractivity contribution < 1.29 is 4.74 Å². The lowest BCUT2D eigenvalue weighted by atomic mass is 10.1. The van der Waals surface area contributed by atoms with Gasteiger partial charge in [-0.05, 0) is 17.5 Å². The summed E-state index contributed by atoms with van der Waals surface area (Å²) >= 11 is 0. The molecule has 3 heteroatoms. The molecule has 2 atom stereocenters. The van der Waals surface area contributed by atoms with Crippen molar-refractivity contribution in [3.8, 4) is 0 Å². The van der Waals surface area contributed by atoms with Crippen LogP contribution < -0.4 is 5.84 Å². The molecular formula is C11H16N2O. The maximum atomic E-state index is 5.80. The quantitative estimate of drug-likeness (QED) is 0.563. The molecule has 76 valence electrons. The number of nitrogens with zero attached hydrogens (tertiary/aromatic N) is 1. The van der Waals surface area contributed by atoms with Crippen LogP contribution in [0.2, 0.25) is 0 Å². The number of hydrazine groups is 1. The highest BCUT2D eigenvalue weighted by Gasteiger charge is 2.33. The first-order valence-corrected chi connectivity index (χ1v) is 4.82. The summed E-state index contributed by atoms with van der Waals surface area (Å²) in [6.45, 7) is 0. The van der Waals surface area contributed by atoms with Gasteiger partial charge in [-0.25, -0.2) is 5.01 Å². The Balaban J connectivity index is 2.34. The molecule has 3 nitrogen and oxygen atoms in total. The third-order valence-corrected chi connectivity index (χ3v) is 2.92. The topological polar surface area (TPSA) is 38.5 Å². The van der Waals surface area contributed by atoms with Crippen LogP contribution >= 0.6 is 0 Å². The molecule has 0 unspecified atom stereocenters. The van der Waals surface area contributed by atoms with Crippen molar-refractivity contribution in [3.63, 3.8) is 0 Å². The molecular weight excluding hydrogens is 176 g/mol. The number of benzene rings is 1. The van der Waals surface area contributed by atoms with Crippen molar-refractivity contribution in [2.45, 2.75) is 18.6 Å². The molecule has 1 aromatic rings. The van der Waals surface area contributed by atoms with Gasteiger partial charge in [0.05, 0.1) is 12.1 Å². The Morgan fingerprint density at radius 1 is 1.43 bits per heavy atom. The van der Waals surface area contributed by atoms with E-state index in [9.17, 15) is 0 Å². The summed E-state index contributed by atoms with van der Waals surface area (Å²) in [5.41, 5.74) is 2.62. The van der Waals surface area contributed by atoms with Gasteiger partial charge >= 0.3 is 0 Å². The molecule has 0 amide bonds. The molecule has 0 aliphatic heterocycles. The van der Waals surface area contributed by atoms with Gasteiger partial charge in [-0.2, -0.15) is 0 Å². The number of rotatable bonds is 2. The van der Waals surface area contributed by atoms with Crippen molar-refractivity contribution in [2.75, 3.05) is 14.2 Å². The van der Waals surface area contributed by atoms with E-state index in [0.717, 1.165) is 6.42 Å². The Morgan fingerprint density at radius 3 is 2.79 bits per heavy atom. The first kappa shape index (κ1) is 9.65. The third kappa shape index (κ3) is 1.43. The molecule has 1 aliphatic carbocycles. The Hall–Kier alpha value is -0.900. The lowest BCUT2D eigenvalue weighted by Crippen LogP contribution is -2.40. The number of methoxy groups -OCH3 is 1. The van der Waals surface area contributed by atoms with Crippen LogP contribution in [0.15, 0.2) is 24.3 Å². The van der Waals surface area contributed by atoms with Crippen molar-refractivity contribution in [2.24, 2.45) is 5.84 Å². The Morgan fingerprint density at radius 2 is 2.14 bits per heavy atom. The average Bonchev–Trinajstić information content (AvgIpc) is 2.56. The summed E-state index contributed by atoms with van der Waals surface area (Å²) in [4.78, 5) is 0. The summed E-state index contributed by atoms with van der Waals surface area (Å²) in [6.07, 6.45) is 1.09. The molecule has 0 heterocycles. The van der Waals surface area contributed by atoms with Crippen LogP contribution in [0.5, 0.6) is 0 Å². The van der Waals surface area contributed by atoms with Crippen LogP contribution in [0.25, 0.3) is 0 Å². The summed E-state index contributed by atoms with van der Waals surface area (Å²) in [6, 6.07) is 8.63. The number of hydrogen-bond donors (Lipinski definition) is 1. The summed E-state index contributed by atoms with van der Waals surface area (Å²) < 4.78 is 5.49. The largest absolute Gasteiger partial charge is 0.375 e. The second-order valence-corrected chi connectivity index (χ2v) is 3.79. The Labute approximate surface area is 84.4 Å². The minimum atomic E-state index is 0.112. The van der Waals surface area contributed by atoms with Gasteiger partial charge in [0.2, 0.25) is 0 Å². The first-order valence-electron chi connectivity index (χ1n) is 4.82. The molecule has 1 aromatic carbocycles. The highest BCUT2D eigenvalue weighted by molar-refractivity contribution is 5.36.